The maximum absolute atomic E-state index is 4.84. The standard InChI is InChI=1S/C17H32N2S/c1-12(2)9-18-10-14(13(3)4)8-16-19-15(11-20-16)17(5,6)7/h11-14,18H,8-10H2,1-7H3. The van der Waals surface area contributed by atoms with Crippen LogP contribution in [0.4, 0.5) is 0 Å². The lowest BCUT2D eigenvalue weighted by Gasteiger charge is -2.21. The Bertz CT molecular complexity index is 388. The minimum atomic E-state index is 0.165. The molecule has 116 valence electrons. The van der Waals surface area contributed by atoms with Gasteiger partial charge in [-0.1, -0.05) is 48.5 Å². The van der Waals surface area contributed by atoms with Crippen LogP contribution >= 0.6 is 11.3 Å². The van der Waals surface area contributed by atoms with Gasteiger partial charge in [0.2, 0.25) is 0 Å². The highest BCUT2D eigenvalue weighted by Crippen LogP contribution is 2.26. The van der Waals surface area contributed by atoms with E-state index in [2.05, 4.69) is 59.2 Å². The fourth-order valence-corrected chi connectivity index (χ4v) is 3.19. The second-order valence-corrected chi connectivity index (χ2v) is 8.58. The summed E-state index contributed by atoms with van der Waals surface area (Å²) in [6.45, 7) is 18.1. The summed E-state index contributed by atoms with van der Waals surface area (Å²) in [5, 5.41) is 7.12. The first-order valence-corrected chi connectivity index (χ1v) is 8.73. The minimum Gasteiger partial charge on any atom is -0.316 e. The lowest BCUT2D eigenvalue weighted by atomic mass is 9.92. The average molecular weight is 297 g/mol. The molecule has 0 aliphatic carbocycles. The number of nitrogens with one attached hydrogen (secondary N) is 1. The van der Waals surface area contributed by atoms with Gasteiger partial charge in [-0.15, -0.1) is 11.3 Å². The van der Waals surface area contributed by atoms with Gasteiger partial charge < -0.3 is 5.32 Å². The number of hydrogen-bond acceptors (Lipinski definition) is 3. The summed E-state index contributed by atoms with van der Waals surface area (Å²) >= 11 is 1.82. The molecule has 0 saturated heterocycles. The van der Waals surface area contributed by atoms with Gasteiger partial charge in [0.1, 0.15) is 0 Å². The van der Waals surface area contributed by atoms with Gasteiger partial charge in [0.05, 0.1) is 10.7 Å². The summed E-state index contributed by atoms with van der Waals surface area (Å²) in [7, 11) is 0. The van der Waals surface area contributed by atoms with Crippen LogP contribution in [0.15, 0.2) is 5.38 Å². The van der Waals surface area contributed by atoms with E-state index in [0.717, 1.165) is 25.4 Å². The Labute approximate surface area is 129 Å². The molecule has 20 heavy (non-hydrogen) atoms. The SMILES string of the molecule is CC(C)CNCC(Cc1nc(C(C)(C)C)cs1)C(C)C. The van der Waals surface area contributed by atoms with Gasteiger partial charge in [-0.2, -0.15) is 0 Å². The third kappa shape index (κ3) is 5.92. The zero-order valence-corrected chi connectivity index (χ0v) is 15.1. The van der Waals surface area contributed by atoms with Crippen LogP contribution in [-0.4, -0.2) is 18.1 Å². The molecule has 0 bridgehead atoms. The van der Waals surface area contributed by atoms with E-state index >= 15 is 0 Å². The van der Waals surface area contributed by atoms with Crippen molar-refractivity contribution in [3.8, 4) is 0 Å². The average Bonchev–Trinajstić information content (AvgIpc) is 2.75. The molecule has 2 nitrogen and oxygen atoms in total. The second-order valence-electron chi connectivity index (χ2n) is 7.64. The highest BCUT2D eigenvalue weighted by Gasteiger charge is 2.20. The van der Waals surface area contributed by atoms with E-state index in [0.29, 0.717) is 11.8 Å². The predicted molar refractivity (Wildman–Crippen MR) is 90.6 cm³/mol. The van der Waals surface area contributed by atoms with Crippen molar-refractivity contribution >= 4 is 11.3 Å². The maximum Gasteiger partial charge on any atom is 0.0931 e. The Kier molecular flexibility index (Phi) is 6.67. The monoisotopic (exact) mass is 296 g/mol. The van der Waals surface area contributed by atoms with E-state index in [1.54, 1.807) is 0 Å². The molecule has 0 aromatic carbocycles. The molecule has 1 aromatic rings. The van der Waals surface area contributed by atoms with E-state index in [4.69, 9.17) is 4.98 Å². The van der Waals surface area contributed by atoms with Crippen LogP contribution in [0.1, 0.15) is 59.2 Å². The van der Waals surface area contributed by atoms with Gasteiger partial charge in [0, 0.05) is 17.2 Å². The van der Waals surface area contributed by atoms with Crippen LogP contribution in [0.5, 0.6) is 0 Å². The minimum absolute atomic E-state index is 0.165. The van der Waals surface area contributed by atoms with Crippen LogP contribution in [0.25, 0.3) is 0 Å². The van der Waals surface area contributed by atoms with Gasteiger partial charge in [-0.05, 0) is 30.8 Å². The van der Waals surface area contributed by atoms with Crippen molar-refractivity contribution in [1.82, 2.24) is 10.3 Å². The molecule has 1 atom stereocenters. The molecule has 1 N–H and O–H groups in total. The van der Waals surface area contributed by atoms with Crippen LogP contribution in [0, 0.1) is 17.8 Å². The summed E-state index contributed by atoms with van der Waals surface area (Å²) in [6.07, 6.45) is 1.10. The quantitative estimate of drug-likeness (QED) is 0.801. The number of aromatic nitrogens is 1. The predicted octanol–water partition coefficient (Wildman–Crippen LogP) is 4.50. The van der Waals surface area contributed by atoms with E-state index in [9.17, 15) is 0 Å². The smallest absolute Gasteiger partial charge is 0.0931 e. The molecule has 1 rings (SSSR count). The van der Waals surface area contributed by atoms with Gasteiger partial charge in [0.15, 0.2) is 0 Å². The Morgan fingerprint density at radius 3 is 2.25 bits per heavy atom. The van der Waals surface area contributed by atoms with Crippen LogP contribution < -0.4 is 5.32 Å². The fraction of sp³-hybridized carbons (Fsp3) is 0.824. The molecule has 0 radical (unpaired) electrons. The summed E-state index contributed by atoms with van der Waals surface area (Å²) in [6, 6.07) is 0. The van der Waals surface area contributed by atoms with Gasteiger partial charge in [0.25, 0.3) is 0 Å². The van der Waals surface area contributed by atoms with E-state index in [-0.39, 0.29) is 5.41 Å². The van der Waals surface area contributed by atoms with E-state index < -0.39 is 0 Å². The third-order valence-electron chi connectivity index (χ3n) is 3.66. The molecule has 0 fully saturated rings. The molecule has 1 heterocycles. The lowest BCUT2D eigenvalue weighted by Crippen LogP contribution is -2.30. The zero-order chi connectivity index (χ0) is 15.3. The fourth-order valence-electron chi connectivity index (χ4n) is 2.07. The molecule has 0 aliphatic rings. The number of hydrogen-bond donors (Lipinski definition) is 1. The van der Waals surface area contributed by atoms with Crippen LogP contribution in [0.2, 0.25) is 0 Å². The number of nitrogens with zero attached hydrogens (tertiary/aromatic N) is 1. The van der Waals surface area contributed by atoms with Gasteiger partial charge in [-0.3, -0.25) is 0 Å². The summed E-state index contributed by atoms with van der Waals surface area (Å²) < 4.78 is 0. The zero-order valence-electron chi connectivity index (χ0n) is 14.3. The highest BCUT2D eigenvalue weighted by atomic mass is 32.1. The van der Waals surface area contributed by atoms with Crippen molar-refractivity contribution in [1.29, 1.82) is 0 Å². The van der Waals surface area contributed by atoms with Gasteiger partial charge >= 0.3 is 0 Å². The van der Waals surface area contributed by atoms with Crippen molar-refractivity contribution in [2.45, 2.75) is 60.3 Å². The third-order valence-corrected chi connectivity index (χ3v) is 4.53. The van der Waals surface area contributed by atoms with Crippen LogP contribution in [-0.2, 0) is 11.8 Å². The molecular weight excluding hydrogens is 264 g/mol. The van der Waals surface area contributed by atoms with E-state index in [1.165, 1.54) is 10.7 Å². The summed E-state index contributed by atoms with van der Waals surface area (Å²) in [5.74, 6) is 2.08. The van der Waals surface area contributed by atoms with Crippen LogP contribution in [0.3, 0.4) is 0 Å². The molecular formula is C17H32N2S. The van der Waals surface area contributed by atoms with E-state index in [1.807, 2.05) is 11.3 Å². The Morgan fingerprint density at radius 2 is 1.80 bits per heavy atom. The van der Waals surface area contributed by atoms with Crippen molar-refractivity contribution in [2.75, 3.05) is 13.1 Å². The Balaban J connectivity index is 2.59. The first-order valence-electron chi connectivity index (χ1n) is 7.85. The maximum atomic E-state index is 4.84. The molecule has 3 heteroatoms. The largest absolute Gasteiger partial charge is 0.316 e. The molecule has 1 aromatic heterocycles. The second kappa shape index (κ2) is 7.56. The Hall–Kier alpha value is -0.410. The first-order chi connectivity index (χ1) is 9.20. The van der Waals surface area contributed by atoms with Crippen molar-refractivity contribution in [3.05, 3.63) is 16.1 Å². The summed E-state index contributed by atoms with van der Waals surface area (Å²) in [5.41, 5.74) is 1.40. The van der Waals surface area contributed by atoms with Crippen molar-refractivity contribution < 1.29 is 0 Å². The number of rotatable bonds is 7. The Morgan fingerprint density at radius 1 is 1.15 bits per heavy atom. The van der Waals surface area contributed by atoms with Gasteiger partial charge in [-0.25, -0.2) is 4.98 Å². The molecule has 1 unspecified atom stereocenters. The van der Waals surface area contributed by atoms with Crippen molar-refractivity contribution in [2.24, 2.45) is 17.8 Å². The highest BCUT2D eigenvalue weighted by molar-refractivity contribution is 7.09. The molecule has 0 spiro atoms. The summed E-state index contributed by atoms with van der Waals surface area (Å²) in [4.78, 5) is 4.84. The molecule has 0 saturated carbocycles. The number of thiazole rings is 1. The topological polar surface area (TPSA) is 24.9 Å². The molecule has 0 aliphatic heterocycles. The first kappa shape index (κ1) is 17.6. The lowest BCUT2D eigenvalue weighted by molar-refractivity contribution is 0.352. The normalized spacial score (nSPS) is 14.2. The van der Waals surface area contributed by atoms with Crippen molar-refractivity contribution in [3.63, 3.8) is 0 Å². The molecule has 0 amide bonds.